The number of nitrogens with zero attached hydrogens (tertiary/aromatic N) is 2. The number of rotatable bonds is 6. The van der Waals surface area contributed by atoms with Gasteiger partial charge in [-0.25, -0.2) is 4.79 Å². The Kier molecular flexibility index (Phi) is 6.25. The second-order valence-electron chi connectivity index (χ2n) is 6.27. The second kappa shape index (κ2) is 9.04. The van der Waals surface area contributed by atoms with Crippen LogP contribution in [0.5, 0.6) is 5.75 Å². The lowest BCUT2D eigenvalue weighted by Crippen LogP contribution is -2.24. The first-order valence-corrected chi connectivity index (χ1v) is 8.94. The molecular weight excluding hydrogens is 328 g/mol. The van der Waals surface area contributed by atoms with E-state index in [9.17, 15) is 4.79 Å². The van der Waals surface area contributed by atoms with Gasteiger partial charge in [-0.15, -0.1) is 0 Å². The lowest BCUT2D eigenvalue weighted by atomic mass is 10.1. The molecule has 136 valence electrons. The lowest BCUT2D eigenvalue weighted by molar-refractivity contribution is 0.0600. The van der Waals surface area contributed by atoms with Crippen LogP contribution in [0.15, 0.2) is 53.6 Å². The van der Waals surface area contributed by atoms with Crippen LogP contribution in [-0.2, 0) is 11.3 Å². The molecule has 0 N–H and O–H groups in total. The van der Waals surface area contributed by atoms with Crippen LogP contribution >= 0.6 is 0 Å². The zero-order valence-electron chi connectivity index (χ0n) is 15.1. The third kappa shape index (κ3) is 4.85. The standard InChI is InChI=1S/C21H24N2O3/c1-25-21(24)18-11-9-17(10-12-18)16-26-20-8-4-3-7-19(20)15-22-23-13-5-2-6-14-23/h3-4,7-12,15H,2,5-6,13-14,16H2,1H3/b22-15-. The highest BCUT2D eigenvalue weighted by atomic mass is 16.5. The molecule has 0 aliphatic carbocycles. The highest BCUT2D eigenvalue weighted by molar-refractivity contribution is 5.89. The molecule has 1 aliphatic rings. The first-order chi connectivity index (χ1) is 12.8. The number of hydrogen-bond donors (Lipinski definition) is 0. The highest BCUT2D eigenvalue weighted by Crippen LogP contribution is 2.19. The molecule has 0 saturated carbocycles. The summed E-state index contributed by atoms with van der Waals surface area (Å²) >= 11 is 0. The number of hydrogen-bond acceptors (Lipinski definition) is 5. The third-order valence-electron chi connectivity index (χ3n) is 4.38. The maximum Gasteiger partial charge on any atom is 0.337 e. The molecule has 0 radical (unpaired) electrons. The van der Waals surface area contributed by atoms with Gasteiger partial charge in [0.2, 0.25) is 0 Å². The maximum atomic E-state index is 11.5. The van der Waals surface area contributed by atoms with E-state index in [4.69, 9.17) is 9.47 Å². The number of ether oxygens (including phenoxy) is 2. The van der Waals surface area contributed by atoms with E-state index in [0.717, 1.165) is 30.0 Å². The largest absolute Gasteiger partial charge is 0.488 e. The molecule has 0 aromatic heterocycles. The molecule has 0 bridgehead atoms. The average Bonchev–Trinajstić information content (AvgIpc) is 2.72. The number of piperidine rings is 1. The fourth-order valence-corrected chi connectivity index (χ4v) is 2.87. The monoisotopic (exact) mass is 352 g/mol. The summed E-state index contributed by atoms with van der Waals surface area (Å²) in [7, 11) is 1.38. The molecule has 0 atom stereocenters. The molecule has 1 fully saturated rings. The summed E-state index contributed by atoms with van der Waals surface area (Å²) in [5, 5.41) is 6.70. The summed E-state index contributed by atoms with van der Waals surface area (Å²) in [5.74, 6) is 0.460. The van der Waals surface area contributed by atoms with Crippen LogP contribution in [0.1, 0.15) is 40.7 Å². The van der Waals surface area contributed by atoms with Gasteiger partial charge in [0.1, 0.15) is 12.4 Å². The van der Waals surface area contributed by atoms with Crippen LogP contribution in [0.3, 0.4) is 0 Å². The normalized spacial score (nSPS) is 14.4. The van der Waals surface area contributed by atoms with Gasteiger partial charge in [0, 0.05) is 18.7 Å². The third-order valence-corrected chi connectivity index (χ3v) is 4.38. The highest BCUT2D eigenvalue weighted by Gasteiger charge is 2.08. The van der Waals surface area contributed by atoms with Crippen LogP contribution in [-0.4, -0.2) is 37.4 Å². The fourth-order valence-electron chi connectivity index (χ4n) is 2.87. The van der Waals surface area contributed by atoms with Crippen molar-refractivity contribution in [2.24, 2.45) is 5.10 Å². The molecule has 0 unspecified atom stereocenters. The van der Waals surface area contributed by atoms with Gasteiger partial charge >= 0.3 is 5.97 Å². The Balaban J connectivity index is 1.62. The van der Waals surface area contributed by atoms with Crippen molar-refractivity contribution in [3.8, 4) is 5.75 Å². The number of methoxy groups -OCH3 is 1. The van der Waals surface area contributed by atoms with Gasteiger partial charge in [-0.2, -0.15) is 5.10 Å². The van der Waals surface area contributed by atoms with Crippen molar-refractivity contribution in [3.05, 3.63) is 65.2 Å². The van der Waals surface area contributed by atoms with Gasteiger partial charge in [0.25, 0.3) is 0 Å². The number of carbonyl (C=O) groups excluding carboxylic acids is 1. The molecule has 0 amide bonds. The van der Waals surface area contributed by atoms with E-state index in [-0.39, 0.29) is 5.97 Å². The maximum absolute atomic E-state index is 11.5. The summed E-state index contributed by atoms with van der Waals surface area (Å²) in [6.07, 6.45) is 5.58. The molecular formula is C21H24N2O3. The van der Waals surface area contributed by atoms with Crippen molar-refractivity contribution in [2.75, 3.05) is 20.2 Å². The van der Waals surface area contributed by atoms with Gasteiger partial charge in [-0.1, -0.05) is 24.3 Å². The van der Waals surface area contributed by atoms with Crippen molar-refractivity contribution in [3.63, 3.8) is 0 Å². The molecule has 1 saturated heterocycles. The van der Waals surface area contributed by atoms with Crippen molar-refractivity contribution in [1.29, 1.82) is 0 Å². The quantitative estimate of drug-likeness (QED) is 0.585. The van der Waals surface area contributed by atoms with Crippen LogP contribution < -0.4 is 4.74 Å². The number of para-hydroxylation sites is 1. The molecule has 2 aromatic rings. The molecule has 5 heteroatoms. The van der Waals surface area contributed by atoms with Crippen LogP contribution in [0.2, 0.25) is 0 Å². The van der Waals surface area contributed by atoms with E-state index < -0.39 is 0 Å². The minimum atomic E-state index is -0.336. The van der Waals surface area contributed by atoms with E-state index in [1.807, 2.05) is 42.6 Å². The van der Waals surface area contributed by atoms with Crippen LogP contribution in [0.4, 0.5) is 0 Å². The molecule has 1 aliphatic heterocycles. The van der Waals surface area contributed by atoms with E-state index in [1.165, 1.54) is 26.4 Å². The predicted octanol–water partition coefficient (Wildman–Crippen LogP) is 3.87. The van der Waals surface area contributed by atoms with Gasteiger partial charge in [0.15, 0.2) is 0 Å². The number of esters is 1. The van der Waals surface area contributed by atoms with E-state index in [2.05, 4.69) is 10.1 Å². The van der Waals surface area contributed by atoms with Crippen molar-refractivity contribution >= 4 is 12.2 Å². The van der Waals surface area contributed by atoms with Crippen molar-refractivity contribution < 1.29 is 14.3 Å². The topological polar surface area (TPSA) is 51.1 Å². The summed E-state index contributed by atoms with van der Waals surface area (Å²) in [5.41, 5.74) is 2.48. The minimum absolute atomic E-state index is 0.336. The molecule has 3 rings (SSSR count). The van der Waals surface area contributed by atoms with Gasteiger partial charge in [-0.3, -0.25) is 5.01 Å². The van der Waals surface area contributed by atoms with Gasteiger partial charge in [0.05, 0.1) is 18.9 Å². The zero-order valence-corrected chi connectivity index (χ0v) is 15.1. The second-order valence-corrected chi connectivity index (χ2v) is 6.27. The molecule has 1 heterocycles. The van der Waals surface area contributed by atoms with E-state index in [1.54, 1.807) is 12.1 Å². The summed E-state index contributed by atoms with van der Waals surface area (Å²) in [6.45, 7) is 2.47. The minimum Gasteiger partial charge on any atom is -0.488 e. The summed E-state index contributed by atoms with van der Waals surface area (Å²) in [4.78, 5) is 11.5. The molecule has 0 spiro atoms. The Bertz CT molecular complexity index is 750. The Morgan fingerprint density at radius 2 is 1.81 bits per heavy atom. The smallest absolute Gasteiger partial charge is 0.337 e. The van der Waals surface area contributed by atoms with E-state index in [0.29, 0.717) is 12.2 Å². The molecule has 26 heavy (non-hydrogen) atoms. The summed E-state index contributed by atoms with van der Waals surface area (Å²) < 4.78 is 10.7. The SMILES string of the molecule is COC(=O)c1ccc(COc2ccccc2/C=N\N2CCCCC2)cc1. The predicted molar refractivity (Wildman–Crippen MR) is 102 cm³/mol. The van der Waals surface area contributed by atoms with E-state index >= 15 is 0 Å². The van der Waals surface area contributed by atoms with Gasteiger partial charge in [-0.05, 0) is 49.1 Å². The Morgan fingerprint density at radius 1 is 1.08 bits per heavy atom. The number of benzene rings is 2. The lowest BCUT2D eigenvalue weighted by Gasteiger charge is -2.23. The van der Waals surface area contributed by atoms with Crippen molar-refractivity contribution in [1.82, 2.24) is 5.01 Å². The van der Waals surface area contributed by atoms with Crippen LogP contribution in [0.25, 0.3) is 0 Å². The summed E-state index contributed by atoms with van der Waals surface area (Å²) in [6, 6.07) is 15.1. The first-order valence-electron chi connectivity index (χ1n) is 8.94. The Morgan fingerprint density at radius 3 is 2.54 bits per heavy atom. The average molecular weight is 352 g/mol. The molecule has 5 nitrogen and oxygen atoms in total. The van der Waals surface area contributed by atoms with Crippen LogP contribution in [0, 0.1) is 0 Å². The number of carbonyl (C=O) groups is 1. The van der Waals surface area contributed by atoms with Gasteiger partial charge < -0.3 is 9.47 Å². The Labute approximate surface area is 154 Å². The number of hydrazone groups is 1. The molecule has 2 aromatic carbocycles. The fraction of sp³-hybridized carbons (Fsp3) is 0.333. The first kappa shape index (κ1) is 18.0. The zero-order chi connectivity index (χ0) is 18.2. The Hall–Kier alpha value is -2.82. The van der Waals surface area contributed by atoms with Crippen molar-refractivity contribution in [2.45, 2.75) is 25.9 Å².